The average molecular weight is 306 g/mol. The van der Waals surface area contributed by atoms with Gasteiger partial charge in [0.05, 0.1) is 12.7 Å². The lowest BCUT2D eigenvalue weighted by atomic mass is 10.0. The Bertz CT molecular complexity index is 460. The Kier molecular flexibility index (Phi) is 6.48. The molecule has 21 heavy (non-hydrogen) atoms. The van der Waals surface area contributed by atoms with Crippen molar-refractivity contribution < 1.29 is 32.5 Å². The highest BCUT2D eigenvalue weighted by Gasteiger charge is 2.31. The standard InChI is InChI=1S/C14H17F3O4/c1-2-8-20-13(19)7-6-12(18)10-4-3-5-11(9-10)21-14(15,16)17/h3-5,9,12,18H,2,6-8H2,1H3. The Morgan fingerprint density at radius 1 is 1.38 bits per heavy atom. The first-order valence-corrected chi connectivity index (χ1v) is 6.51. The van der Waals surface area contributed by atoms with E-state index >= 15 is 0 Å². The van der Waals surface area contributed by atoms with Gasteiger partial charge in [-0.1, -0.05) is 19.1 Å². The van der Waals surface area contributed by atoms with Gasteiger partial charge in [-0.15, -0.1) is 13.2 Å². The molecule has 0 aliphatic carbocycles. The first-order chi connectivity index (χ1) is 9.81. The first kappa shape index (κ1) is 17.3. The molecule has 0 bridgehead atoms. The molecule has 0 saturated heterocycles. The Morgan fingerprint density at radius 2 is 2.10 bits per heavy atom. The van der Waals surface area contributed by atoms with Gasteiger partial charge in [-0.25, -0.2) is 0 Å². The van der Waals surface area contributed by atoms with Crippen LogP contribution in [0.3, 0.4) is 0 Å². The van der Waals surface area contributed by atoms with Gasteiger partial charge < -0.3 is 14.6 Å². The van der Waals surface area contributed by atoms with E-state index in [2.05, 4.69) is 4.74 Å². The number of carbonyl (C=O) groups excluding carboxylic acids is 1. The summed E-state index contributed by atoms with van der Waals surface area (Å²) in [5.41, 5.74) is 0.250. The van der Waals surface area contributed by atoms with Crippen molar-refractivity contribution in [1.29, 1.82) is 0 Å². The van der Waals surface area contributed by atoms with E-state index in [0.29, 0.717) is 13.0 Å². The van der Waals surface area contributed by atoms with Crippen LogP contribution >= 0.6 is 0 Å². The fraction of sp³-hybridized carbons (Fsp3) is 0.500. The zero-order valence-corrected chi connectivity index (χ0v) is 11.5. The molecule has 1 atom stereocenters. The third kappa shape index (κ3) is 6.99. The monoisotopic (exact) mass is 306 g/mol. The van der Waals surface area contributed by atoms with Crippen LogP contribution in [0.4, 0.5) is 13.2 Å². The molecule has 118 valence electrons. The maximum Gasteiger partial charge on any atom is 0.573 e. The van der Waals surface area contributed by atoms with E-state index in [0.717, 1.165) is 12.1 Å². The summed E-state index contributed by atoms with van der Waals surface area (Å²) in [5.74, 6) is -0.855. The highest BCUT2D eigenvalue weighted by molar-refractivity contribution is 5.69. The number of ether oxygens (including phenoxy) is 2. The van der Waals surface area contributed by atoms with E-state index in [1.807, 2.05) is 6.92 Å². The molecule has 0 radical (unpaired) electrons. The number of aliphatic hydroxyl groups excluding tert-OH is 1. The van der Waals surface area contributed by atoms with Crippen LogP contribution in [0.1, 0.15) is 37.9 Å². The predicted octanol–water partition coefficient (Wildman–Crippen LogP) is 3.35. The van der Waals surface area contributed by atoms with Crippen molar-refractivity contribution in [1.82, 2.24) is 0 Å². The summed E-state index contributed by atoms with van der Waals surface area (Å²) in [5, 5.41) is 9.87. The van der Waals surface area contributed by atoms with Crippen molar-refractivity contribution in [2.45, 2.75) is 38.7 Å². The lowest BCUT2D eigenvalue weighted by molar-refractivity contribution is -0.274. The minimum atomic E-state index is -4.78. The highest BCUT2D eigenvalue weighted by atomic mass is 19.4. The average Bonchev–Trinajstić information content (AvgIpc) is 2.40. The fourth-order valence-corrected chi connectivity index (χ4v) is 1.63. The molecule has 1 aromatic carbocycles. The molecular weight excluding hydrogens is 289 g/mol. The highest BCUT2D eigenvalue weighted by Crippen LogP contribution is 2.27. The van der Waals surface area contributed by atoms with Crippen LogP contribution in [0.2, 0.25) is 0 Å². The second kappa shape index (κ2) is 7.87. The van der Waals surface area contributed by atoms with Gasteiger partial charge in [-0.3, -0.25) is 4.79 Å². The summed E-state index contributed by atoms with van der Waals surface area (Å²) in [6, 6.07) is 5.04. The maximum absolute atomic E-state index is 12.1. The van der Waals surface area contributed by atoms with E-state index in [-0.39, 0.29) is 18.4 Å². The van der Waals surface area contributed by atoms with E-state index < -0.39 is 24.2 Å². The third-order valence-electron chi connectivity index (χ3n) is 2.57. The van der Waals surface area contributed by atoms with Gasteiger partial charge >= 0.3 is 12.3 Å². The molecule has 1 N–H and O–H groups in total. The molecule has 1 unspecified atom stereocenters. The number of hydrogen-bond acceptors (Lipinski definition) is 4. The van der Waals surface area contributed by atoms with Gasteiger partial charge in [0.2, 0.25) is 0 Å². The number of esters is 1. The number of benzene rings is 1. The summed E-state index contributed by atoms with van der Waals surface area (Å²) < 4.78 is 44.9. The van der Waals surface area contributed by atoms with Crippen LogP contribution in [0, 0.1) is 0 Å². The topological polar surface area (TPSA) is 55.8 Å². The van der Waals surface area contributed by atoms with E-state index in [4.69, 9.17) is 4.74 Å². The van der Waals surface area contributed by atoms with E-state index in [1.54, 1.807) is 0 Å². The summed E-state index contributed by atoms with van der Waals surface area (Å²) in [6.45, 7) is 2.16. The normalized spacial score (nSPS) is 12.8. The lowest BCUT2D eigenvalue weighted by Gasteiger charge is -2.13. The third-order valence-corrected chi connectivity index (χ3v) is 2.57. The summed E-state index contributed by atoms with van der Waals surface area (Å²) in [6.07, 6.45) is -5.08. The smallest absolute Gasteiger partial charge is 0.466 e. The number of rotatable bonds is 7. The van der Waals surface area contributed by atoms with Crippen LogP contribution in [0.25, 0.3) is 0 Å². The molecule has 0 fully saturated rings. The van der Waals surface area contributed by atoms with Crippen LogP contribution in [0.5, 0.6) is 5.75 Å². The SMILES string of the molecule is CCCOC(=O)CCC(O)c1cccc(OC(F)(F)F)c1. The largest absolute Gasteiger partial charge is 0.573 e. The lowest BCUT2D eigenvalue weighted by Crippen LogP contribution is -2.17. The minimum Gasteiger partial charge on any atom is -0.466 e. The van der Waals surface area contributed by atoms with Gasteiger partial charge in [0, 0.05) is 6.42 Å². The Labute approximate surface area is 120 Å². The van der Waals surface area contributed by atoms with Crippen LogP contribution in [-0.2, 0) is 9.53 Å². The summed E-state index contributed by atoms with van der Waals surface area (Å²) in [7, 11) is 0. The van der Waals surface area contributed by atoms with Crippen molar-refractivity contribution in [3.8, 4) is 5.75 Å². The zero-order chi connectivity index (χ0) is 15.9. The number of halogens is 3. The van der Waals surface area contributed by atoms with Crippen LogP contribution < -0.4 is 4.74 Å². The van der Waals surface area contributed by atoms with Gasteiger partial charge in [-0.2, -0.15) is 0 Å². The van der Waals surface area contributed by atoms with E-state index in [1.165, 1.54) is 12.1 Å². The Hall–Kier alpha value is -1.76. The number of alkyl halides is 3. The summed E-state index contributed by atoms with van der Waals surface area (Å²) >= 11 is 0. The van der Waals surface area contributed by atoms with Gasteiger partial charge in [-0.05, 0) is 30.5 Å². The van der Waals surface area contributed by atoms with Crippen molar-refractivity contribution in [3.63, 3.8) is 0 Å². The molecule has 0 heterocycles. The van der Waals surface area contributed by atoms with Gasteiger partial charge in [0.25, 0.3) is 0 Å². The van der Waals surface area contributed by atoms with E-state index in [9.17, 15) is 23.1 Å². The minimum absolute atomic E-state index is 0.00841. The van der Waals surface area contributed by atoms with Gasteiger partial charge in [0.15, 0.2) is 0 Å². The first-order valence-electron chi connectivity index (χ1n) is 6.51. The molecular formula is C14H17F3O4. The molecule has 1 aromatic rings. The molecule has 4 nitrogen and oxygen atoms in total. The van der Waals surface area contributed by atoms with Crippen LogP contribution in [-0.4, -0.2) is 24.0 Å². The number of hydrogen-bond donors (Lipinski definition) is 1. The Balaban J connectivity index is 2.56. The predicted molar refractivity (Wildman–Crippen MR) is 68.6 cm³/mol. The molecule has 0 spiro atoms. The second-order valence-corrected chi connectivity index (χ2v) is 4.40. The van der Waals surface area contributed by atoms with Gasteiger partial charge in [0.1, 0.15) is 5.75 Å². The molecule has 0 aliphatic heterocycles. The quantitative estimate of drug-likeness (QED) is 0.785. The molecule has 0 saturated carbocycles. The molecule has 0 aromatic heterocycles. The van der Waals surface area contributed by atoms with Crippen molar-refractivity contribution in [3.05, 3.63) is 29.8 Å². The number of carbonyl (C=O) groups is 1. The molecule has 1 rings (SSSR count). The second-order valence-electron chi connectivity index (χ2n) is 4.40. The maximum atomic E-state index is 12.1. The molecule has 0 aliphatic rings. The van der Waals surface area contributed by atoms with Crippen molar-refractivity contribution in [2.24, 2.45) is 0 Å². The fourth-order valence-electron chi connectivity index (χ4n) is 1.63. The molecule has 0 amide bonds. The zero-order valence-electron chi connectivity index (χ0n) is 11.5. The molecule has 7 heteroatoms. The Morgan fingerprint density at radius 3 is 2.71 bits per heavy atom. The van der Waals surface area contributed by atoms with Crippen molar-refractivity contribution >= 4 is 5.97 Å². The van der Waals surface area contributed by atoms with Crippen molar-refractivity contribution in [2.75, 3.05) is 6.61 Å². The van der Waals surface area contributed by atoms with Crippen LogP contribution in [0.15, 0.2) is 24.3 Å². The number of aliphatic hydroxyl groups is 1. The summed E-state index contributed by atoms with van der Waals surface area (Å²) in [4.78, 5) is 11.3.